The summed E-state index contributed by atoms with van der Waals surface area (Å²) >= 11 is 1.55. The Hall–Kier alpha value is -3.84. The molecule has 0 saturated carbocycles. The van der Waals surface area contributed by atoms with Gasteiger partial charge in [-0.25, -0.2) is 14.6 Å². The SMILES string of the molecule is CSCC[C@H](NC(=O)c1ccc(CNCc2cnc[nH]2)cc1-c1ccccc1C)C(=O)O.O=C(O)C(F)(F)F. The molecule has 9 nitrogen and oxygen atoms in total. The monoisotopic (exact) mass is 566 g/mol. The number of aryl methyl sites for hydroxylation is 1. The minimum absolute atomic E-state index is 0.373. The molecule has 0 unspecified atom stereocenters. The summed E-state index contributed by atoms with van der Waals surface area (Å²) in [4.78, 5) is 40.7. The maximum Gasteiger partial charge on any atom is 0.490 e. The van der Waals surface area contributed by atoms with Gasteiger partial charge in [0.05, 0.1) is 6.33 Å². The standard InChI is InChI=1S/C24H28N4O3S.C2HF3O2/c1-16-5-3-4-6-19(16)21-11-17(12-25-13-18-14-26-15-27-18)7-8-20(21)23(29)28-22(24(30)31)9-10-32-2;3-2(4,5)1(6)7/h3-8,11,14-15,22,25H,9-10,12-13H2,1-2H3,(H,26,27)(H,28,29)(H,30,31);(H,6,7)/t22-;/m0./s1. The van der Waals surface area contributed by atoms with Crippen molar-refractivity contribution in [1.29, 1.82) is 0 Å². The summed E-state index contributed by atoms with van der Waals surface area (Å²) in [5.74, 6) is -3.51. The van der Waals surface area contributed by atoms with Crippen molar-refractivity contribution in [3.63, 3.8) is 0 Å². The Kier molecular flexibility index (Phi) is 12.0. The van der Waals surface area contributed by atoms with E-state index in [0.29, 0.717) is 30.8 Å². The molecule has 0 aliphatic carbocycles. The van der Waals surface area contributed by atoms with Gasteiger partial charge in [0.15, 0.2) is 0 Å². The van der Waals surface area contributed by atoms with Crippen LogP contribution in [0.5, 0.6) is 0 Å². The van der Waals surface area contributed by atoms with Crippen molar-refractivity contribution in [2.24, 2.45) is 0 Å². The lowest BCUT2D eigenvalue weighted by atomic mass is 9.93. The molecule has 13 heteroatoms. The van der Waals surface area contributed by atoms with Crippen LogP contribution in [0.3, 0.4) is 0 Å². The zero-order valence-electron chi connectivity index (χ0n) is 21.2. The van der Waals surface area contributed by atoms with Crippen molar-refractivity contribution in [2.45, 2.75) is 38.7 Å². The molecule has 1 aromatic heterocycles. The van der Waals surface area contributed by atoms with Gasteiger partial charge in [-0.2, -0.15) is 24.9 Å². The molecule has 0 saturated heterocycles. The van der Waals surface area contributed by atoms with Crippen LogP contribution >= 0.6 is 11.8 Å². The van der Waals surface area contributed by atoms with Gasteiger partial charge in [-0.3, -0.25) is 4.79 Å². The number of carbonyl (C=O) groups excluding carboxylic acids is 1. The van der Waals surface area contributed by atoms with Gasteiger partial charge in [0.2, 0.25) is 0 Å². The maximum atomic E-state index is 13.1. The van der Waals surface area contributed by atoms with Crippen molar-refractivity contribution < 1.29 is 37.8 Å². The third-order valence-corrected chi connectivity index (χ3v) is 6.06. The van der Waals surface area contributed by atoms with Crippen molar-refractivity contribution in [2.75, 3.05) is 12.0 Å². The Balaban J connectivity index is 0.000000673. The third-order valence-electron chi connectivity index (χ3n) is 5.42. The first-order valence-electron chi connectivity index (χ1n) is 11.6. The van der Waals surface area contributed by atoms with Crippen molar-refractivity contribution >= 4 is 29.6 Å². The molecule has 0 fully saturated rings. The lowest BCUT2D eigenvalue weighted by Gasteiger charge is -2.18. The van der Waals surface area contributed by atoms with Crippen LogP contribution in [0.2, 0.25) is 0 Å². The molecule has 3 rings (SSSR count). The highest BCUT2D eigenvalue weighted by Crippen LogP contribution is 2.28. The lowest BCUT2D eigenvalue weighted by molar-refractivity contribution is -0.192. The van der Waals surface area contributed by atoms with Crippen molar-refractivity contribution in [3.8, 4) is 11.1 Å². The van der Waals surface area contributed by atoms with Crippen LogP contribution in [-0.4, -0.2) is 62.3 Å². The van der Waals surface area contributed by atoms with Gasteiger partial charge in [0.25, 0.3) is 5.91 Å². The number of rotatable bonds is 11. The van der Waals surface area contributed by atoms with Crippen LogP contribution in [0.25, 0.3) is 11.1 Å². The second-order valence-electron chi connectivity index (χ2n) is 8.32. The highest BCUT2D eigenvalue weighted by Gasteiger charge is 2.38. The number of aliphatic carboxylic acids is 2. The Morgan fingerprint density at radius 3 is 2.33 bits per heavy atom. The van der Waals surface area contributed by atoms with Crippen LogP contribution in [0, 0.1) is 6.92 Å². The van der Waals surface area contributed by atoms with E-state index in [4.69, 9.17) is 9.90 Å². The number of carboxylic acids is 2. The Morgan fingerprint density at radius 2 is 1.77 bits per heavy atom. The summed E-state index contributed by atoms with van der Waals surface area (Å²) in [5, 5.41) is 22.7. The molecule has 39 heavy (non-hydrogen) atoms. The van der Waals surface area contributed by atoms with E-state index in [-0.39, 0.29) is 5.91 Å². The molecule has 1 heterocycles. The number of hydrogen-bond acceptors (Lipinski definition) is 6. The van der Waals surface area contributed by atoms with Gasteiger partial charge >= 0.3 is 18.1 Å². The number of carboxylic acid groups (broad SMARTS) is 2. The average Bonchev–Trinajstić information content (AvgIpc) is 3.40. The first kappa shape index (κ1) is 31.4. The van der Waals surface area contributed by atoms with E-state index in [1.54, 1.807) is 30.4 Å². The fourth-order valence-electron chi connectivity index (χ4n) is 3.45. The van der Waals surface area contributed by atoms with Crippen LogP contribution < -0.4 is 10.6 Å². The van der Waals surface area contributed by atoms with E-state index in [1.807, 2.05) is 49.6 Å². The molecule has 1 amide bonds. The Labute approximate surface area is 227 Å². The molecule has 0 aliphatic heterocycles. The predicted molar refractivity (Wildman–Crippen MR) is 141 cm³/mol. The number of aromatic nitrogens is 2. The maximum absolute atomic E-state index is 13.1. The molecule has 0 spiro atoms. The molecular weight excluding hydrogens is 537 g/mol. The lowest BCUT2D eigenvalue weighted by Crippen LogP contribution is -2.41. The number of hydrogen-bond donors (Lipinski definition) is 5. The number of thioether (sulfide) groups is 1. The highest BCUT2D eigenvalue weighted by molar-refractivity contribution is 7.98. The summed E-state index contributed by atoms with van der Waals surface area (Å²) in [6.07, 6.45) is 0.618. The summed E-state index contributed by atoms with van der Waals surface area (Å²) < 4.78 is 31.7. The van der Waals surface area contributed by atoms with Gasteiger partial charge in [-0.15, -0.1) is 0 Å². The summed E-state index contributed by atoms with van der Waals surface area (Å²) in [7, 11) is 0. The topological polar surface area (TPSA) is 144 Å². The zero-order chi connectivity index (χ0) is 29.0. The molecule has 0 aliphatic rings. The number of nitrogens with zero attached hydrogens (tertiary/aromatic N) is 1. The number of halogens is 3. The molecule has 210 valence electrons. The van der Waals surface area contributed by atoms with E-state index in [0.717, 1.165) is 27.9 Å². The van der Waals surface area contributed by atoms with E-state index >= 15 is 0 Å². The van der Waals surface area contributed by atoms with Gasteiger partial charge < -0.3 is 25.8 Å². The normalized spacial score (nSPS) is 11.7. The molecule has 3 aromatic rings. The first-order valence-corrected chi connectivity index (χ1v) is 13.0. The van der Waals surface area contributed by atoms with E-state index in [2.05, 4.69) is 20.6 Å². The van der Waals surface area contributed by atoms with Crippen LogP contribution in [-0.2, 0) is 22.7 Å². The number of alkyl halides is 3. The second-order valence-corrected chi connectivity index (χ2v) is 9.31. The largest absolute Gasteiger partial charge is 0.490 e. The first-order chi connectivity index (χ1) is 18.4. The van der Waals surface area contributed by atoms with Crippen LogP contribution in [0.4, 0.5) is 13.2 Å². The van der Waals surface area contributed by atoms with E-state index in [1.165, 1.54) is 0 Å². The highest BCUT2D eigenvalue weighted by atomic mass is 32.2. The van der Waals surface area contributed by atoms with Gasteiger partial charge in [0.1, 0.15) is 6.04 Å². The number of aromatic amines is 1. The Morgan fingerprint density at radius 1 is 1.08 bits per heavy atom. The predicted octanol–water partition coefficient (Wildman–Crippen LogP) is 4.24. The molecule has 5 N–H and O–H groups in total. The Bertz CT molecular complexity index is 1250. The van der Waals surface area contributed by atoms with Crippen LogP contribution in [0.1, 0.15) is 33.6 Å². The number of amides is 1. The minimum Gasteiger partial charge on any atom is -0.480 e. The fraction of sp³-hybridized carbons (Fsp3) is 0.308. The number of carbonyl (C=O) groups is 3. The number of nitrogens with one attached hydrogen (secondary N) is 3. The van der Waals surface area contributed by atoms with Gasteiger partial charge in [0, 0.05) is 30.5 Å². The molecule has 1 atom stereocenters. The quantitative estimate of drug-likeness (QED) is 0.232. The zero-order valence-corrected chi connectivity index (χ0v) is 22.0. The van der Waals surface area contributed by atoms with Gasteiger partial charge in [-0.05, 0) is 59.7 Å². The van der Waals surface area contributed by atoms with E-state index in [9.17, 15) is 27.9 Å². The summed E-state index contributed by atoms with van der Waals surface area (Å²) in [6.45, 7) is 3.27. The number of benzene rings is 2. The number of H-pyrrole nitrogens is 1. The van der Waals surface area contributed by atoms with Crippen LogP contribution in [0.15, 0.2) is 55.0 Å². The second kappa shape index (κ2) is 14.9. The van der Waals surface area contributed by atoms with Crippen molar-refractivity contribution in [1.82, 2.24) is 20.6 Å². The smallest absolute Gasteiger partial charge is 0.480 e. The molecule has 0 radical (unpaired) electrons. The fourth-order valence-corrected chi connectivity index (χ4v) is 3.92. The molecule has 0 bridgehead atoms. The third kappa shape index (κ3) is 10.1. The number of imidazole rings is 1. The summed E-state index contributed by atoms with van der Waals surface area (Å²) in [5.41, 5.74) is 5.26. The minimum atomic E-state index is -5.08. The molecular formula is C26H29F3N4O5S. The van der Waals surface area contributed by atoms with Crippen molar-refractivity contribution in [3.05, 3.63) is 77.4 Å². The van der Waals surface area contributed by atoms with Gasteiger partial charge in [-0.1, -0.05) is 30.3 Å². The summed E-state index contributed by atoms with van der Waals surface area (Å²) in [6, 6.07) is 12.6. The van der Waals surface area contributed by atoms with E-state index < -0.39 is 24.2 Å². The molecule has 2 aromatic carbocycles. The average molecular weight is 567 g/mol.